The molecule has 0 saturated carbocycles. The Morgan fingerprint density at radius 1 is 1.09 bits per heavy atom. The first-order valence-corrected chi connectivity index (χ1v) is 14.3. The van der Waals surface area contributed by atoms with E-state index in [2.05, 4.69) is 20.0 Å². The van der Waals surface area contributed by atoms with E-state index in [0.29, 0.717) is 12.8 Å². The molecule has 3 N–H and O–H groups in total. The lowest BCUT2D eigenvalue weighted by Crippen LogP contribution is -2.54. The summed E-state index contributed by atoms with van der Waals surface area (Å²) in [6.45, 7) is 3.65. The lowest BCUT2D eigenvalue weighted by atomic mass is 10.0. The first-order valence-electron chi connectivity index (χ1n) is 11.3. The van der Waals surface area contributed by atoms with Crippen LogP contribution in [0.2, 0.25) is 0 Å². The second-order valence-corrected chi connectivity index (χ2v) is 12.4. The zero-order valence-corrected chi connectivity index (χ0v) is 21.2. The van der Waals surface area contributed by atoms with E-state index in [0.717, 1.165) is 4.31 Å². The maximum absolute atomic E-state index is 13.1. The van der Waals surface area contributed by atoms with Crippen LogP contribution in [0.15, 0.2) is 58.8 Å². The number of nitrogens with one attached hydrogen (secondary N) is 2. The van der Waals surface area contributed by atoms with Gasteiger partial charge in [0, 0.05) is 25.5 Å². The number of pyridine rings is 2. The Morgan fingerprint density at radius 3 is 2.29 bits per heavy atom. The number of amides is 1. The van der Waals surface area contributed by atoms with Gasteiger partial charge in [-0.2, -0.15) is 9.03 Å². The highest BCUT2D eigenvalue weighted by Gasteiger charge is 2.35. The Morgan fingerprint density at radius 2 is 1.71 bits per heavy atom. The Hall–Kier alpha value is -2.45. The molecule has 0 aliphatic carbocycles. The lowest BCUT2D eigenvalue weighted by Gasteiger charge is -2.27. The van der Waals surface area contributed by atoms with Crippen molar-refractivity contribution in [3.63, 3.8) is 0 Å². The number of sulfonamides is 2. The summed E-state index contributed by atoms with van der Waals surface area (Å²) in [6, 6.07) is 7.17. The molecular formula is C22H31N5O6S2. The zero-order valence-electron chi connectivity index (χ0n) is 19.6. The summed E-state index contributed by atoms with van der Waals surface area (Å²) in [7, 11) is -7.96. The van der Waals surface area contributed by atoms with Crippen LogP contribution in [0.25, 0.3) is 0 Å². The maximum Gasteiger partial charge on any atom is 0.260 e. The highest BCUT2D eigenvalue weighted by molar-refractivity contribution is 7.89. The number of carbonyl (C=O) groups is 1. The van der Waals surface area contributed by atoms with E-state index >= 15 is 0 Å². The van der Waals surface area contributed by atoms with E-state index in [1.165, 1.54) is 30.6 Å². The molecule has 1 aliphatic rings. The average Bonchev–Trinajstić information content (AvgIpc) is 3.01. The van der Waals surface area contributed by atoms with E-state index in [9.17, 15) is 26.7 Å². The quantitative estimate of drug-likeness (QED) is 0.427. The van der Waals surface area contributed by atoms with Gasteiger partial charge in [-0.3, -0.25) is 4.79 Å². The monoisotopic (exact) mass is 525 g/mol. The third kappa shape index (κ3) is 7.04. The molecular weight excluding hydrogens is 494 g/mol. The van der Waals surface area contributed by atoms with E-state index in [1.54, 1.807) is 18.2 Å². The SMILES string of the molecule is CC(C)CC(NS(=O)(=O)c1ccccn1)C(=O)NC1CCCN(S(=O)(=O)c2ccccn2)C[C@@H]1O. The fourth-order valence-corrected chi connectivity index (χ4v) is 6.43. The summed E-state index contributed by atoms with van der Waals surface area (Å²) in [5.41, 5.74) is 0. The molecule has 1 aliphatic heterocycles. The van der Waals surface area contributed by atoms with Crippen molar-refractivity contribution >= 4 is 26.0 Å². The van der Waals surface area contributed by atoms with E-state index in [-0.39, 0.29) is 35.5 Å². The van der Waals surface area contributed by atoms with Gasteiger partial charge in [-0.1, -0.05) is 26.0 Å². The van der Waals surface area contributed by atoms with Crippen LogP contribution in [-0.4, -0.2) is 73.4 Å². The van der Waals surface area contributed by atoms with Crippen molar-refractivity contribution < 1.29 is 26.7 Å². The molecule has 0 radical (unpaired) electrons. The largest absolute Gasteiger partial charge is 0.390 e. The minimum Gasteiger partial charge on any atom is -0.390 e. The molecule has 1 fully saturated rings. The summed E-state index contributed by atoms with van der Waals surface area (Å²) in [5.74, 6) is -0.599. The first-order chi connectivity index (χ1) is 16.5. The molecule has 13 heteroatoms. The summed E-state index contributed by atoms with van der Waals surface area (Å²) in [6.07, 6.45) is 2.47. The summed E-state index contributed by atoms with van der Waals surface area (Å²) >= 11 is 0. The first kappa shape index (κ1) is 27.1. The number of hydrogen-bond donors (Lipinski definition) is 3. The van der Waals surface area contributed by atoms with Crippen LogP contribution in [0.4, 0.5) is 0 Å². The highest BCUT2D eigenvalue weighted by Crippen LogP contribution is 2.20. The summed E-state index contributed by atoms with van der Waals surface area (Å²) in [5, 5.41) is 13.2. The normalized spacial score (nSPS) is 20.8. The van der Waals surface area contributed by atoms with Gasteiger partial charge < -0.3 is 10.4 Å². The molecule has 0 bridgehead atoms. The number of nitrogens with zero attached hydrogens (tertiary/aromatic N) is 3. The van der Waals surface area contributed by atoms with E-state index < -0.39 is 44.1 Å². The van der Waals surface area contributed by atoms with Crippen molar-refractivity contribution in [2.24, 2.45) is 5.92 Å². The molecule has 192 valence electrons. The number of aromatic nitrogens is 2. The van der Waals surface area contributed by atoms with Gasteiger partial charge in [0.25, 0.3) is 20.0 Å². The number of aliphatic hydroxyl groups is 1. The highest BCUT2D eigenvalue weighted by atomic mass is 32.2. The fraction of sp³-hybridized carbons (Fsp3) is 0.500. The van der Waals surface area contributed by atoms with Crippen LogP contribution < -0.4 is 10.0 Å². The molecule has 35 heavy (non-hydrogen) atoms. The van der Waals surface area contributed by atoms with Gasteiger partial charge in [0.15, 0.2) is 10.1 Å². The molecule has 3 rings (SSSR count). The van der Waals surface area contributed by atoms with Gasteiger partial charge in [0.05, 0.1) is 12.1 Å². The number of rotatable bonds is 9. The van der Waals surface area contributed by atoms with Gasteiger partial charge in [-0.15, -0.1) is 0 Å². The van der Waals surface area contributed by atoms with Crippen LogP contribution >= 0.6 is 0 Å². The number of β-amino-alcohol motifs (C(OH)–C–C–N with tert-alkyl or cyclic N) is 1. The molecule has 2 aromatic rings. The third-order valence-electron chi connectivity index (χ3n) is 5.58. The Kier molecular flexibility index (Phi) is 8.94. The smallest absolute Gasteiger partial charge is 0.260 e. The average molecular weight is 526 g/mol. The van der Waals surface area contributed by atoms with Crippen molar-refractivity contribution in [3.8, 4) is 0 Å². The predicted octanol–water partition coefficient (Wildman–Crippen LogP) is 0.500. The van der Waals surface area contributed by atoms with Crippen LogP contribution in [0.5, 0.6) is 0 Å². The van der Waals surface area contributed by atoms with E-state index in [1.807, 2.05) is 13.8 Å². The Bertz CT molecular complexity index is 1190. The molecule has 1 saturated heterocycles. The second kappa shape index (κ2) is 11.5. The van der Waals surface area contributed by atoms with E-state index in [4.69, 9.17) is 0 Å². The molecule has 2 unspecified atom stereocenters. The summed E-state index contributed by atoms with van der Waals surface area (Å²) < 4.78 is 54.9. The molecule has 0 spiro atoms. The van der Waals surface area contributed by atoms with Gasteiger partial charge in [-0.05, 0) is 49.4 Å². The van der Waals surface area contributed by atoms with Gasteiger partial charge in [-0.25, -0.2) is 26.8 Å². The van der Waals surface area contributed by atoms with Crippen molar-refractivity contribution in [1.82, 2.24) is 24.3 Å². The number of hydrogen-bond acceptors (Lipinski definition) is 8. The lowest BCUT2D eigenvalue weighted by molar-refractivity contribution is -0.124. The van der Waals surface area contributed by atoms with Crippen molar-refractivity contribution in [2.45, 2.75) is 61.3 Å². The standard InChI is InChI=1S/C22H31N5O6S2/c1-16(2)14-18(26-34(30,31)20-9-3-5-11-23-20)22(29)25-17-8-7-13-27(15-19(17)28)35(32,33)21-10-4-6-12-24-21/h3-6,9-12,16-19,26,28H,7-8,13-15H2,1-2H3,(H,25,29)/t17?,18?,19-/m0/s1. The van der Waals surface area contributed by atoms with Crippen LogP contribution in [-0.2, 0) is 24.8 Å². The molecule has 3 heterocycles. The van der Waals surface area contributed by atoms with Crippen LogP contribution in [0.1, 0.15) is 33.1 Å². The molecule has 1 amide bonds. The Labute approximate surface area is 206 Å². The van der Waals surface area contributed by atoms with Crippen LogP contribution in [0, 0.1) is 5.92 Å². The molecule has 2 aromatic heterocycles. The number of aliphatic hydroxyl groups excluding tert-OH is 1. The second-order valence-electron chi connectivity index (χ2n) is 8.83. The minimum atomic E-state index is -4.05. The van der Waals surface area contributed by atoms with Crippen molar-refractivity contribution in [3.05, 3.63) is 48.8 Å². The van der Waals surface area contributed by atoms with Crippen molar-refractivity contribution in [2.75, 3.05) is 13.1 Å². The molecule has 11 nitrogen and oxygen atoms in total. The topological polar surface area (TPSA) is 159 Å². The van der Waals surface area contributed by atoms with Crippen molar-refractivity contribution in [1.29, 1.82) is 0 Å². The molecule has 0 aromatic carbocycles. The van der Waals surface area contributed by atoms with Gasteiger partial charge in [0.1, 0.15) is 6.04 Å². The zero-order chi connectivity index (χ0) is 25.6. The predicted molar refractivity (Wildman–Crippen MR) is 128 cm³/mol. The van der Waals surface area contributed by atoms with Gasteiger partial charge in [0.2, 0.25) is 5.91 Å². The Balaban J connectivity index is 1.72. The summed E-state index contributed by atoms with van der Waals surface area (Å²) in [4.78, 5) is 20.9. The third-order valence-corrected chi connectivity index (χ3v) is 8.75. The van der Waals surface area contributed by atoms with Gasteiger partial charge >= 0.3 is 0 Å². The van der Waals surface area contributed by atoms with Crippen LogP contribution in [0.3, 0.4) is 0 Å². The fourth-order valence-electron chi connectivity index (χ4n) is 3.84. The minimum absolute atomic E-state index is 0.00440. The molecule has 3 atom stereocenters. The number of carbonyl (C=O) groups excluding carboxylic acids is 1. The maximum atomic E-state index is 13.1.